The van der Waals surface area contributed by atoms with Gasteiger partial charge in [0.2, 0.25) is 5.95 Å². The SMILES string of the molecule is Cc1cc(N[C@H](c2cnn(C)c2)C2CC(O)C2)nc(N2CCOCC2)n1. The summed E-state index contributed by atoms with van der Waals surface area (Å²) in [6.45, 7) is 5.02. The van der Waals surface area contributed by atoms with Crippen LogP contribution in [0.3, 0.4) is 0 Å². The van der Waals surface area contributed by atoms with Gasteiger partial charge in [-0.05, 0) is 25.7 Å². The summed E-state index contributed by atoms with van der Waals surface area (Å²) < 4.78 is 7.23. The van der Waals surface area contributed by atoms with Crippen molar-refractivity contribution in [2.45, 2.75) is 31.9 Å². The van der Waals surface area contributed by atoms with Gasteiger partial charge in [0.15, 0.2) is 0 Å². The van der Waals surface area contributed by atoms with Crippen molar-refractivity contribution in [2.24, 2.45) is 13.0 Å². The van der Waals surface area contributed by atoms with Crippen LogP contribution in [0.25, 0.3) is 0 Å². The number of nitrogens with one attached hydrogen (secondary N) is 1. The van der Waals surface area contributed by atoms with E-state index in [9.17, 15) is 5.11 Å². The topological polar surface area (TPSA) is 88.3 Å². The van der Waals surface area contributed by atoms with Crippen LogP contribution in [0, 0.1) is 12.8 Å². The third-order valence-electron chi connectivity index (χ3n) is 5.14. The molecule has 1 saturated heterocycles. The van der Waals surface area contributed by atoms with Gasteiger partial charge >= 0.3 is 0 Å². The zero-order valence-corrected chi connectivity index (χ0v) is 15.3. The number of aliphatic hydroxyl groups is 1. The molecule has 0 bridgehead atoms. The molecule has 8 nitrogen and oxygen atoms in total. The fourth-order valence-corrected chi connectivity index (χ4v) is 3.67. The van der Waals surface area contributed by atoms with Gasteiger partial charge in [0.1, 0.15) is 5.82 Å². The maximum absolute atomic E-state index is 9.75. The van der Waals surface area contributed by atoms with Crippen LogP contribution in [0.2, 0.25) is 0 Å². The number of aliphatic hydroxyl groups excluding tert-OH is 1. The van der Waals surface area contributed by atoms with Crippen LogP contribution >= 0.6 is 0 Å². The van der Waals surface area contributed by atoms with E-state index in [0.717, 1.165) is 49.0 Å². The van der Waals surface area contributed by atoms with E-state index >= 15 is 0 Å². The molecule has 2 aromatic rings. The van der Waals surface area contributed by atoms with E-state index in [1.165, 1.54) is 0 Å². The van der Waals surface area contributed by atoms with E-state index < -0.39 is 0 Å². The van der Waals surface area contributed by atoms with Crippen LogP contribution in [0.1, 0.15) is 30.1 Å². The third-order valence-corrected chi connectivity index (χ3v) is 5.14. The van der Waals surface area contributed by atoms with Crippen molar-refractivity contribution < 1.29 is 9.84 Å². The number of hydrogen-bond acceptors (Lipinski definition) is 7. The zero-order valence-electron chi connectivity index (χ0n) is 15.3. The Balaban J connectivity index is 1.57. The fourth-order valence-electron chi connectivity index (χ4n) is 3.67. The van der Waals surface area contributed by atoms with E-state index in [-0.39, 0.29) is 12.1 Å². The van der Waals surface area contributed by atoms with Crippen LogP contribution < -0.4 is 10.2 Å². The predicted octanol–water partition coefficient (Wildman–Crippen LogP) is 1.28. The van der Waals surface area contributed by atoms with Gasteiger partial charge < -0.3 is 20.1 Å². The lowest BCUT2D eigenvalue weighted by Crippen LogP contribution is -2.38. The molecule has 1 aliphatic carbocycles. The van der Waals surface area contributed by atoms with E-state index in [4.69, 9.17) is 9.72 Å². The largest absolute Gasteiger partial charge is 0.393 e. The first-order valence-electron chi connectivity index (χ1n) is 9.20. The smallest absolute Gasteiger partial charge is 0.227 e. The summed E-state index contributed by atoms with van der Waals surface area (Å²) in [4.78, 5) is 11.5. The van der Waals surface area contributed by atoms with Gasteiger partial charge in [-0.1, -0.05) is 0 Å². The van der Waals surface area contributed by atoms with Crippen molar-refractivity contribution in [3.8, 4) is 0 Å². The molecule has 2 aliphatic rings. The van der Waals surface area contributed by atoms with Crippen LogP contribution in [0.4, 0.5) is 11.8 Å². The Morgan fingerprint density at radius 2 is 2.04 bits per heavy atom. The number of nitrogens with zero attached hydrogens (tertiary/aromatic N) is 5. The minimum atomic E-state index is -0.197. The second-order valence-corrected chi connectivity index (χ2v) is 7.25. The van der Waals surface area contributed by atoms with Gasteiger partial charge in [0.25, 0.3) is 0 Å². The molecule has 0 unspecified atom stereocenters. The summed E-state index contributed by atoms with van der Waals surface area (Å²) in [7, 11) is 1.92. The fraction of sp³-hybridized carbons (Fsp3) is 0.611. The molecular formula is C18H26N6O2. The minimum Gasteiger partial charge on any atom is -0.393 e. The van der Waals surface area contributed by atoms with Crippen molar-refractivity contribution in [3.05, 3.63) is 29.7 Å². The highest BCUT2D eigenvalue weighted by Gasteiger charge is 2.35. The number of aromatic nitrogens is 4. The molecule has 1 atom stereocenters. The van der Waals surface area contributed by atoms with Crippen molar-refractivity contribution in [1.82, 2.24) is 19.7 Å². The second kappa shape index (κ2) is 7.20. The van der Waals surface area contributed by atoms with Gasteiger partial charge in [0.05, 0.1) is 31.6 Å². The highest BCUT2D eigenvalue weighted by molar-refractivity contribution is 5.46. The molecule has 4 rings (SSSR count). The number of anilines is 2. The summed E-state index contributed by atoms with van der Waals surface area (Å²) in [6.07, 6.45) is 5.32. The number of aryl methyl sites for hydroxylation is 2. The Morgan fingerprint density at radius 1 is 1.27 bits per heavy atom. The van der Waals surface area contributed by atoms with Crippen LogP contribution in [-0.2, 0) is 11.8 Å². The Morgan fingerprint density at radius 3 is 2.69 bits per heavy atom. The second-order valence-electron chi connectivity index (χ2n) is 7.25. The van der Waals surface area contributed by atoms with Crippen molar-refractivity contribution >= 4 is 11.8 Å². The highest BCUT2D eigenvalue weighted by Crippen LogP contribution is 2.39. The molecule has 0 amide bonds. The zero-order chi connectivity index (χ0) is 18.1. The maximum atomic E-state index is 9.75. The van der Waals surface area contributed by atoms with Crippen LogP contribution in [0.15, 0.2) is 18.5 Å². The average Bonchev–Trinajstić information content (AvgIpc) is 3.04. The van der Waals surface area contributed by atoms with Gasteiger partial charge in [-0.3, -0.25) is 4.68 Å². The molecule has 8 heteroatoms. The highest BCUT2D eigenvalue weighted by atomic mass is 16.5. The summed E-state index contributed by atoms with van der Waals surface area (Å²) in [5, 5.41) is 17.6. The Kier molecular flexibility index (Phi) is 4.78. The van der Waals surface area contributed by atoms with Crippen LogP contribution in [-0.4, -0.2) is 57.3 Å². The van der Waals surface area contributed by atoms with E-state index in [1.807, 2.05) is 37.1 Å². The average molecular weight is 358 g/mol. The van der Waals surface area contributed by atoms with Gasteiger partial charge in [-0.15, -0.1) is 0 Å². The Labute approximate surface area is 153 Å². The maximum Gasteiger partial charge on any atom is 0.227 e. The first-order chi connectivity index (χ1) is 12.6. The lowest BCUT2D eigenvalue weighted by molar-refractivity contribution is 0.0339. The lowest BCUT2D eigenvalue weighted by atomic mass is 9.75. The summed E-state index contributed by atoms with van der Waals surface area (Å²) >= 11 is 0. The third kappa shape index (κ3) is 3.66. The number of rotatable bonds is 5. The van der Waals surface area contributed by atoms with Crippen molar-refractivity contribution in [2.75, 3.05) is 36.5 Å². The van der Waals surface area contributed by atoms with Crippen molar-refractivity contribution in [3.63, 3.8) is 0 Å². The number of hydrogen-bond donors (Lipinski definition) is 2. The molecule has 2 fully saturated rings. The molecule has 1 saturated carbocycles. The molecule has 2 aromatic heterocycles. The molecule has 0 spiro atoms. The van der Waals surface area contributed by atoms with E-state index in [2.05, 4.69) is 20.3 Å². The normalized spacial score (nSPS) is 24.2. The molecule has 2 N–H and O–H groups in total. The van der Waals surface area contributed by atoms with E-state index in [0.29, 0.717) is 19.1 Å². The molecule has 26 heavy (non-hydrogen) atoms. The monoisotopic (exact) mass is 358 g/mol. The first kappa shape index (κ1) is 17.2. The number of ether oxygens (including phenoxy) is 1. The summed E-state index contributed by atoms with van der Waals surface area (Å²) in [5.74, 6) is 1.93. The Hall–Kier alpha value is -2.19. The van der Waals surface area contributed by atoms with Gasteiger partial charge in [-0.2, -0.15) is 10.1 Å². The Bertz CT molecular complexity index is 752. The van der Waals surface area contributed by atoms with Crippen LogP contribution in [0.5, 0.6) is 0 Å². The molecule has 1 aliphatic heterocycles. The molecule has 0 radical (unpaired) electrons. The van der Waals surface area contributed by atoms with Crippen molar-refractivity contribution in [1.29, 1.82) is 0 Å². The number of morpholine rings is 1. The first-order valence-corrected chi connectivity index (χ1v) is 9.20. The molecule has 0 aromatic carbocycles. The van der Waals surface area contributed by atoms with E-state index in [1.54, 1.807) is 0 Å². The lowest BCUT2D eigenvalue weighted by Gasteiger charge is -2.38. The predicted molar refractivity (Wildman–Crippen MR) is 98.1 cm³/mol. The van der Waals surface area contributed by atoms with Gasteiger partial charge in [-0.25, -0.2) is 4.98 Å². The quantitative estimate of drug-likeness (QED) is 0.832. The molecule has 140 valence electrons. The minimum absolute atomic E-state index is 0.0824. The summed E-state index contributed by atoms with van der Waals surface area (Å²) in [6, 6.07) is 2.06. The molecular weight excluding hydrogens is 332 g/mol. The summed E-state index contributed by atoms with van der Waals surface area (Å²) in [5.41, 5.74) is 2.05. The molecule has 3 heterocycles. The van der Waals surface area contributed by atoms with Gasteiger partial charge in [0, 0.05) is 43.7 Å². The standard InChI is InChI=1S/C18H26N6O2/c1-12-7-16(22-18(20-12)24-3-5-26-6-4-24)21-17(13-8-15(25)9-13)14-10-19-23(2)11-14/h7,10-11,13,15,17,25H,3-6,8-9H2,1-2H3,(H,20,21,22)/t13?,15?,17-/m0/s1.